The number of urea groups is 1. The van der Waals surface area contributed by atoms with E-state index in [2.05, 4.69) is 10.4 Å². The molecular weight excluding hydrogens is 448 g/mol. The molecule has 1 aliphatic heterocycles. The minimum atomic E-state index is -0.950. The molecule has 1 aromatic heterocycles. The zero-order valence-corrected chi connectivity index (χ0v) is 21.2. The van der Waals surface area contributed by atoms with E-state index in [4.69, 9.17) is 4.42 Å². The van der Waals surface area contributed by atoms with E-state index in [1.54, 1.807) is 0 Å². The second kappa shape index (κ2) is 11.6. The summed E-state index contributed by atoms with van der Waals surface area (Å²) in [6, 6.07) is 7.94. The number of quaternary nitrogens is 1. The van der Waals surface area contributed by atoms with Gasteiger partial charge in [-0.1, -0.05) is 58.0 Å². The number of nitrogens with one attached hydrogen (secondary N) is 1. The number of hydrogen-bond acceptors (Lipinski definition) is 6. The van der Waals surface area contributed by atoms with Crippen molar-refractivity contribution in [3.8, 4) is 0 Å². The third kappa shape index (κ3) is 6.54. The Balaban J connectivity index is 1.85. The molecule has 1 saturated heterocycles. The molecule has 1 unspecified atom stereocenters. The predicted molar refractivity (Wildman–Crippen MR) is 131 cm³/mol. The van der Waals surface area contributed by atoms with E-state index in [0.717, 1.165) is 29.5 Å². The van der Waals surface area contributed by atoms with Gasteiger partial charge < -0.3 is 4.42 Å². The van der Waals surface area contributed by atoms with Crippen LogP contribution in [0, 0.1) is 11.8 Å². The summed E-state index contributed by atoms with van der Waals surface area (Å²) in [5.41, 5.74) is 0.848. The van der Waals surface area contributed by atoms with Crippen LogP contribution >= 0.6 is 0 Å². The SMILES string of the molecule is CC(C)CC(NC(=O)[N+]1(C(=O)Cc2ccccc2)CCCCC1)C(=O)c1nn(CC(C)C)c(=O)o1. The Hall–Kier alpha value is -3.07. The third-order valence-corrected chi connectivity index (χ3v) is 6.32. The lowest BCUT2D eigenvalue weighted by molar-refractivity contribution is -0.780. The highest BCUT2D eigenvalue weighted by molar-refractivity contribution is 5.98. The number of amides is 3. The van der Waals surface area contributed by atoms with Gasteiger partial charge in [0.2, 0.25) is 5.78 Å². The fourth-order valence-corrected chi connectivity index (χ4v) is 4.53. The number of Topliss-reactive ketones (excluding diaryl/α,β-unsaturated/α-hetero) is 1. The van der Waals surface area contributed by atoms with Gasteiger partial charge in [0.05, 0.1) is 26.1 Å². The molecule has 0 spiro atoms. The number of rotatable bonds is 9. The highest BCUT2D eigenvalue weighted by Gasteiger charge is 2.47. The van der Waals surface area contributed by atoms with Crippen LogP contribution in [0.2, 0.25) is 0 Å². The molecule has 9 heteroatoms. The molecule has 1 aliphatic rings. The molecule has 2 heterocycles. The third-order valence-electron chi connectivity index (χ3n) is 6.32. The first-order valence-corrected chi connectivity index (χ1v) is 12.5. The van der Waals surface area contributed by atoms with Crippen LogP contribution < -0.4 is 11.1 Å². The van der Waals surface area contributed by atoms with Gasteiger partial charge >= 0.3 is 17.7 Å². The number of hydrogen-bond donors (Lipinski definition) is 1. The first-order chi connectivity index (χ1) is 16.6. The van der Waals surface area contributed by atoms with Gasteiger partial charge in [0.1, 0.15) is 6.04 Å². The second-order valence-electron chi connectivity index (χ2n) is 10.3. The molecule has 3 amide bonds. The van der Waals surface area contributed by atoms with Crippen LogP contribution in [0.4, 0.5) is 4.79 Å². The van der Waals surface area contributed by atoms with Gasteiger partial charge in [0.15, 0.2) is 0 Å². The maximum absolute atomic E-state index is 13.7. The van der Waals surface area contributed by atoms with Crippen LogP contribution in [0.25, 0.3) is 0 Å². The van der Waals surface area contributed by atoms with E-state index >= 15 is 0 Å². The fraction of sp³-hybridized carbons (Fsp3) is 0.577. The fourth-order valence-electron chi connectivity index (χ4n) is 4.53. The summed E-state index contributed by atoms with van der Waals surface area (Å²) in [5.74, 6) is -1.54. The average molecular weight is 486 g/mol. The quantitative estimate of drug-likeness (QED) is 0.429. The number of ketones is 1. The summed E-state index contributed by atoms with van der Waals surface area (Å²) in [6.45, 7) is 8.86. The molecule has 1 fully saturated rings. The Labute approximate surface area is 206 Å². The largest absolute Gasteiger partial charge is 0.437 e. The van der Waals surface area contributed by atoms with Crippen molar-refractivity contribution in [1.29, 1.82) is 0 Å². The molecule has 1 aromatic carbocycles. The average Bonchev–Trinajstić information content (AvgIpc) is 3.18. The topological polar surface area (TPSA) is 111 Å². The highest BCUT2D eigenvalue weighted by atomic mass is 16.4. The lowest BCUT2D eigenvalue weighted by atomic mass is 9.99. The standard InChI is InChI=1S/C26H36N4O5/c1-18(2)15-21(23(32)24-28-29(17-19(3)4)26(34)35-24)27-25(33)30(13-9-6-10-14-30)22(31)16-20-11-7-5-8-12-20/h5,7-8,11-12,18-19,21H,6,9-10,13-17H2,1-4H3/p+1. The maximum Gasteiger partial charge on any atom is 0.437 e. The normalized spacial score (nSPS) is 16.3. The summed E-state index contributed by atoms with van der Waals surface area (Å²) in [6.07, 6.45) is 2.94. The minimum Gasteiger partial charge on any atom is -0.384 e. The van der Waals surface area contributed by atoms with Crippen LogP contribution in [-0.2, 0) is 17.8 Å². The van der Waals surface area contributed by atoms with Crippen molar-refractivity contribution >= 4 is 17.7 Å². The van der Waals surface area contributed by atoms with E-state index < -0.39 is 23.6 Å². The Morgan fingerprint density at radius 1 is 1.03 bits per heavy atom. The monoisotopic (exact) mass is 485 g/mol. The van der Waals surface area contributed by atoms with Gasteiger partial charge in [-0.25, -0.2) is 14.4 Å². The molecule has 0 aliphatic carbocycles. The van der Waals surface area contributed by atoms with Crippen molar-refractivity contribution in [1.82, 2.24) is 15.1 Å². The number of imide groups is 1. The number of carbonyl (C=O) groups is 3. The molecule has 1 atom stereocenters. The molecule has 35 heavy (non-hydrogen) atoms. The smallest absolute Gasteiger partial charge is 0.384 e. The summed E-state index contributed by atoms with van der Waals surface area (Å²) in [4.78, 5) is 52.6. The van der Waals surface area contributed by atoms with Gasteiger partial charge in [-0.15, -0.1) is 5.10 Å². The number of carbonyl (C=O) groups excluding carboxylic acids is 3. The predicted octanol–water partition coefficient (Wildman–Crippen LogP) is 3.57. The van der Waals surface area contributed by atoms with Gasteiger partial charge in [-0.3, -0.25) is 10.1 Å². The lowest BCUT2D eigenvalue weighted by Crippen LogP contribution is -2.65. The zero-order valence-electron chi connectivity index (χ0n) is 21.2. The van der Waals surface area contributed by atoms with Crippen molar-refractivity contribution in [2.75, 3.05) is 13.1 Å². The van der Waals surface area contributed by atoms with Crippen molar-refractivity contribution in [3.05, 3.63) is 52.3 Å². The summed E-state index contributed by atoms with van der Waals surface area (Å²) < 4.78 is 5.94. The highest BCUT2D eigenvalue weighted by Crippen LogP contribution is 2.23. The van der Waals surface area contributed by atoms with Gasteiger partial charge in [-0.2, -0.15) is 9.16 Å². The van der Waals surface area contributed by atoms with Crippen LogP contribution in [0.15, 0.2) is 39.5 Å². The lowest BCUT2D eigenvalue weighted by Gasteiger charge is -2.37. The molecule has 1 N–H and O–H groups in total. The molecule has 0 saturated carbocycles. The molecule has 190 valence electrons. The first-order valence-electron chi connectivity index (χ1n) is 12.5. The van der Waals surface area contributed by atoms with E-state index in [0.29, 0.717) is 26.1 Å². The van der Waals surface area contributed by atoms with Crippen LogP contribution in [0.3, 0.4) is 0 Å². The molecule has 0 radical (unpaired) electrons. The summed E-state index contributed by atoms with van der Waals surface area (Å²) >= 11 is 0. The number of benzene rings is 1. The molecule has 0 bridgehead atoms. The van der Waals surface area contributed by atoms with E-state index in [1.807, 2.05) is 58.0 Å². The maximum atomic E-state index is 13.7. The van der Waals surface area contributed by atoms with Crippen LogP contribution in [-0.4, -0.2) is 51.1 Å². The molecular formula is C26H37N4O5+. The zero-order chi connectivity index (χ0) is 25.6. The van der Waals surface area contributed by atoms with Crippen LogP contribution in [0.5, 0.6) is 0 Å². The first kappa shape index (κ1) is 26.5. The number of aromatic nitrogens is 2. The summed E-state index contributed by atoms with van der Waals surface area (Å²) in [5, 5.41) is 6.92. The van der Waals surface area contributed by atoms with E-state index in [9.17, 15) is 19.2 Å². The Morgan fingerprint density at radius 2 is 1.69 bits per heavy atom. The van der Waals surface area contributed by atoms with Crippen molar-refractivity contribution in [3.63, 3.8) is 0 Å². The second-order valence-corrected chi connectivity index (χ2v) is 10.3. The minimum absolute atomic E-state index is 0.0727. The number of nitrogens with zero attached hydrogens (tertiary/aromatic N) is 3. The van der Waals surface area contributed by atoms with Crippen molar-refractivity contribution in [2.45, 2.75) is 72.4 Å². The number of likely N-dealkylation sites (tertiary alicyclic amines) is 1. The Kier molecular flexibility index (Phi) is 8.77. The Bertz CT molecular complexity index is 1080. The van der Waals surface area contributed by atoms with Crippen molar-refractivity contribution < 1.29 is 23.3 Å². The van der Waals surface area contributed by atoms with Gasteiger partial charge in [0.25, 0.3) is 5.89 Å². The van der Waals surface area contributed by atoms with Gasteiger partial charge in [-0.05, 0) is 43.1 Å². The van der Waals surface area contributed by atoms with E-state index in [-0.39, 0.29) is 34.5 Å². The van der Waals surface area contributed by atoms with Crippen molar-refractivity contribution in [2.24, 2.45) is 11.8 Å². The number of piperidine rings is 1. The van der Waals surface area contributed by atoms with Crippen LogP contribution in [0.1, 0.15) is 69.6 Å². The Morgan fingerprint density at radius 3 is 2.29 bits per heavy atom. The molecule has 9 nitrogen and oxygen atoms in total. The van der Waals surface area contributed by atoms with E-state index in [1.165, 1.54) is 0 Å². The van der Waals surface area contributed by atoms with Gasteiger partial charge in [0, 0.05) is 0 Å². The molecule has 3 rings (SSSR count). The molecule has 2 aromatic rings. The summed E-state index contributed by atoms with van der Waals surface area (Å²) in [7, 11) is 0.